The normalized spacial score (nSPS) is 33.2. The summed E-state index contributed by atoms with van der Waals surface area (Å²) in [5.74, 6) is 3.80. The lowest BCUT2D eigenvalue weighted by Gasteiger charge is -2.17. The van der Waals surface area contributed by atoms with E-state index in [0.29, 0.717) is 11.8 Å². The van der Waals surface area contributed by atoms with Gasteiger partial charge in [0.25, 0.3) is 0 Å². The molecular weight excluding hydrogens is 214 g/mol. The summed E-state index contributed by atoms with van der Waals surface area (Å²) in [7, 11) is 0. The lowest BCUT2D eigenvalue weighted by Crippen LogP contribution is -2.12. The van der Waals surface area contributed by atoms with Crippen molar-refractivity contribution in [3.8, 4) is 0 Å². The zero-order chi connectivity index (χ0) is 11.8. The van der Waals surface area contributed by atoms with Crippen molar-refractivity contribution in [1.29, 1.82) is 0 Å². The number of rotatable bonds is 4. The number of nitrogens with two attached hydrogens (primary N) is 1. The second kappa shape index (κ2) is 4.41. The summed E-state index contributed by atoms with van der Waals surface area (Å²) in [4.78, 5) is 4.53. The van der Waals surface area contributed by atoms with Gasteiger partial charge in [-0.2, -0.15) is 4.98 Å². The molecule has 17 heavy (non-hydrogen) atoms. The maximum Gasteiger partial charge on any atom is 0.243 e. The van der Waals surface area contributed by atoms with E-state index >= 15 is 0 Å². The molecule has 1 aromatic rings. The van der Waals surface area contributed by atoms with E-state index < -0.39 is 0 Å². The van der Waals surface area contributed by atoms with Gasteiger partial charge in [-0.05, 0) is 37.5 Å². The third-order valence-electron chi connectivity index (χ3n) is 4.44. The summed E-state index contributed by atoms with van der Waals surface area (Å²) in [6.45, 7) is 2.12. The lowest BCUT2D eigenvalue weighted by molar-refractivity contribution is 0.333. The molecule has 2 saturated carbocycles. The molecule has 0 aromatic carbocycles. The van der Waals surface area contributed by atoms with Gasteiger partial charge in [0.15, 0.2) is 5.82 Å². The van der Waals surface area contributed by atoms with Crippen molar-refractivity contribution < 1.29 is 4.52 Å². The first-order valence-electron chi connectivity index (χ1n) is 6.87. The molecule has 4 atom stereocenters. The molecule has 94 valence electrons. The van der Waals surface area contributed by atoms with E-state index in [1.807, 2.05) is 0 Å². The molecule has 1 aromatic heterocycles. The zero-order valence-electron chi connectivity index (χ0n) is 10.4. The van der Waals surface area contributed by atoms with Crippen molar-refractivity contribution in [3.63, 3.8) is 0 Å². The minimum absolute atomic E-state index is 0.0835. The predicted molar refractivity (Wildman–Crippen MR) is 64.3 cm³/mol. The molecule has 2 aliphatic rings. The highest BCUT2D eigenvalue weighted by atomic mass is 16.5. The van der Waals surface area contributed by atoms with Crippen LogP contribution in [0.25, 0.3) is 0 Å². The van der Waals surface area contributed by atoms with Crippen LogP contribution >= 0.6 is 0 Å². The highest BCUT2D eigenvalue weighted by Crippen LogP contribution is 2.52. The Morgan fingerprint density at radius 3 is 2.94 bits per heavy atom. The third-order valence-corrected chi connectivity index (χ3v) is 4.44. The molecule has 4 nitrogen and oxygen atoms in total. The van der Waals surface area contributed by atoms with E-state index in [1.165, 1.54) is 25.7 Å². The van der Waals surface area contributed by atoms with Crippen molar-refractivity contribution in [2.24, 2.45) is 17.6 Å². The second-order valence-corrected chi connectivity index (χ2v) is 5.67. The lowest BCUT2D eigenvalue weighted by atomic mass is 9.88. The smallest absolute Gasteiger partial charge is 0.243 e. The summed E-state index contributed by atoms with van der Waals surface area (Å²) in [6, 6.07) is -0.0835. The number of nitrogens with zero attached hydrogens (tertiary/aromatic N) is 2. The standard InChI is InChI=1S/C13H21N3O/c1-2-3-11(14)13-15-12(16-17-13)10-7-8-4-5-9(10)6-8/h8-11H,2-7,14H2,1H3/t8?,9?,10?,11-/m1/s1. The monoisotopic (exact) mass is 235 g/mol. The van der Waals surface area contributed by atoms with Gasteiger partial charge in [0, 0.05) is 5.92 Å². The fourth-order valence-electron chi connectivity index (χ4n) is 3.54. The summed E-state index contributed by atoms with van der Waals surface area (Å²) in [5, 5.41) is 4.15. The van der Waals surface area contributed by atoms with Gasteiger partial charge >= 0.3 is 0 Å². The quantitative estimate of drug-likeness (QED) is 0.871. The number of fused-ring (bicyclic) bond motifs is 2. The Hall–Kier alpha value is -0.900. The number of aromatic nitrogens is 2. The molecule has 2 N–H and O–H groups in total. The molecule has 4 heteroatoms. The highest BCUT2D eigenvalue weighted by molar-refractivity contribution is 5.07. The largest absolute Gasteiger partial charge is 0.338 e. The molecule has 2 fully saturated rings. The first-order chi connectivity index (χ1) is 8.28. The average molecular weight is 235 g/mol. The topological polar surface area (TPSA) is 64.9 Å². The molecule has 2 bridgehead atoms. The molecule has 1 heterocycles. The molecule has 3 rings (SSSR count). The van der Waals surface area contributed by atoms with Gasteiger partial charge in [0.05, 0.1) is 6.04 Å². The molecule has 0 radical (unpaired) electrons. The molecule has 3 unspecified atom stereocenters. The van der Waals surface area contributed by atoms with Gasteiger partial charge in [0.2, 0.25) is 5.89 Å². The van der Waals surface area contributed by atoms with Crippen LogP contribution in [0.15, 0.2) is 4.52 Å². The van der Waals surface area contributed by atoms with Gasteiger partial charge in [0.1, 0.15) is 0 Å². The summed E-state index contributed by atoms with van der Waals surface area (Å²) >= 11 is 0. The predicted octanol–water partition coefficient (Wildman–Crippen LogP) is 2.77. The van der Waals surface area contributed by atoms with Crippen molar-refractivity contribution in [1.82, 2.24) is 10.1 Å². The van der Waals surface area contributed by atoms with Gasteiger partial charge < -0.3 is 10.3 Å². The van der Waals surface area contributed by atoms with Gasteiger partial charge in [-0.3, -0.25) is 0 Å². The minimum atomic E-state index is -0.0835. The molecule has 0 amide bonds. The van der Waals surface area contributed by atoms with Crippen LogP contribution in [0.1, 0.15) is 69.1 Å². The van der Waals surface area contributed by atoms with Crippen molar-refractivity contribution in [2.75, 3.05) is 0 Å². The summed E-state index contributed by atoms with van der Waals surface area (Å²) in [6.07, 6.45) is 7.34. The van der Waals surface area contributed by atoms with Crippen LogP contribution in [0.4, 0.5) is 0 Å². The average Bonchev–Trinajstić information content (AvgIpc) is 3.05. The fraction of sp³-hybridized carbons (Fsp3) is 0.846. The Labute approximate surface area is 102 Å². The molecule has 0 saturated heterocycles. The SMILES string of the molecule is CCC[C@@H](N)c1nc(C2CC3CCC2C3)no1. The van der Waals surface area contributed by atoms with E-state index in [-0.39, 0.29) is 6.04 Å². The van der Waals surface area contributed by atoms with Crippen molar-refractivity contribution in [3.05, 3.63) is 11.7 Å². The van der Waals surface area contributed by atoms with E-state index in [4.69, 9.17) is 10.3 Å². The molecule has 0 aliphatic heterocycles. The van der Waals surface area contributed by atoms with Crippen LogP contribution in [0.3, 0.4) is 0 Å². The van der Waals surface area contributed by atoms with Gasteiger partial charge in [-0.1, -0.05) is 24.9 Å². The minimum Gasteiger partial charge on any atom is -0.338 e. The molecular formula is C13H21N3O. The first kappa shape index (κ1) is 11.2. The van der Waals surface area contributed by atoms with Gasteiger partial charge in [-0.25, -0.2) is 0 Å². The van der Waals surface area contributed by atoms with Crippen LogP contribution in [-0.2, 0) is 0 Å². The van der Waals surface area contributed by atoms with E-state index in [9.17, 15) is 0 Å². The third kappa shape index (κ3) is 1.99. The maximum absolute atomic E-state index is 6.00. The summed E-state index contributed by atoms with van der Waals surface area (Å²) < 4.78 is 5.31. The van der Waals surface area contributed by atoms with Crippen LogP contribution in [0.2, 0.25) is 0 Å². The second-order valence-electron chi connectivity index (χ2n) is 5.67. The van der Waals surface area contributed by atoms with Gasteiger partial charge in [-0.15, -0.1) is 0 Å². The maximum atomic E-state index is 6.00. The van der Waals surface area contributed by atoms with Crippen molar-refractivity contribution >= 4 is 0 Å². The van der Waals surface area contributed by atoms with E-state index in [1.54, 1.807) is 0 Å². The Balaban J connectivity index is 1.72. The van der Waals surface area contributed by atoms with Crippen LogP contribution in [0, 0.1) is 11.8 Å². The number of hydrogen-bond acceptors (Lipinski definition) is 4. The van der Waals surface area contributed by atoms with E-state index in [2.05, 4.69) is 17.1 Å². The van der Waals surface area contributed by atoms with Crippen LogP contribution in [-0.4, -0.2) is 10.1 Å². The van der Waals surface area contributed by atoms with E-state index in [0.717, 1.165) is 30.5 Å². The molecule has 2 aliphatic carbocycles. The van der Waals surface area contributed by atoms with Crippen LogP contribution < -0.4 is 5.73 Å². The zero-order valence-corrected chi connectivity index (χ0v) is 10.4. The Morgan fingerprint density at radius 1 is 1.41 bits per heavy atom. The number of hydrogen-bond donors (Lipinski definition) is 1. The van der Waals surface area contributed by atoms with Crippen LogP contribution in [0.5, 0.6) is 0 Å². The Morgan fingerprint density at radius 2 is 2.29 bits per heavy atom. The Bertz CT molecular complexity index is 390. The first-order valence-corrected chi connectivity index (χ1v) is 6.87. The molecule has 0 spiro atoms. The highest BCUT2D eigenvalue weighted by Gasteiger charge is 2.42. The Kier molecular flexibility index (Phi) is 2.90. The van der Waals surface area contributed by atoms with Crippen molar-refractivity contribution in [2.45, 2.75) is 57.4 Å². The summed E-state index contributed by atoms with van der Waals surface area (Å²) in [5.41, 5.74) is 6.00. The fourth-order valence-corrected chi connectivity index (χ4v) is 3.54.